The first-order chi connectivity index (χ1) is 9.16. The van der Waals surface area contributed by atoms with E-state index in [4.69, 9.17) is 10.5 Å². The molecular formula is C15H23BrN2O. The summed E-state index contributed by atoms with van der Waals surface area (Å²) in [6, 6.07) is 2.14. The van der Waals surface area contributed by atoms with Crippen molar-refractivity contribution in [3.63, 3.8) is 0 Å². The summed E-state index contributed by atoms with van der Waals surface area (Å²) in [5.74, 6) is 0. The van der Waals surface area contributed by atoms with Crippen molar-refractivity contribution >= 4 is 15.9 Å². The maximum atomic E-state index is 6.48. The van der Waals surface area contributed by atoms with Gasteiger partial charge in [-0.05, 0) is 53.7 Å². The van der Waals surface area contributed by atoms with Crippen LogP contribution in [0.25, 0.3) is 0 Å². The molecule has 0 radical (unpaired) electrons. The van der Waals surface area contributed by atoms with E-state index >= 15 is 0 Å². The highest BCUT2D eigenvalue weighted by molar-refractivity contribution is 9.10. The van der Waals surface area contributed by atoms with Gasteiger partial charge in [-0.1, -0.05) is 19.3 Å². The van der Waals surface area contributed by atoms with E-state index in [1.165, 1.54) is 24.8 Å². The molecule has 3 nitrogen and oxygen atoms in total. The highest BCUT2D eigenvalue weighted by Gasteiger charge is 2.38. The summed E-state index contributed by atoms with van der Waals surface area (Å²) in [6.07, 6.45) is 10.5. The van der Waals surface area contributed by atoms with Gasteiger partial charge >= 0.3 is 0 Å². The highest BCUT2D eigenvalue weighted by Crippen LogP contribution is 2.35. The molecule has 0 spiro atoms. The van der Waals surface area contributed by atoms with Gasteiger partial charge in [-0.2, -0.15) is 0 Å². The Bertz CT molecular complexity index is 399. The van der Waals surface area contributed by atoms with E-state index in [2.05, 4.69) is 33.9 Å². The van der Waals surface area contributed by atoms with Crippen molar-refractivity contribution in [1.29, 1.82) is 0 Å². The molecule has 2 rings (SSSR count). The Kier molecular flexibility index (Phi) is 5.37. The van der Waals surface area contributed by atoms with Crippen LogP contribution in [0.4, 0.5) is 0 Å². The Balaban J connectivity index is 2.08. The number of halogens is 1. The lowest BCUT2D eigenvalue weighted by molar-refractivity contribution is -0.0817. The molecule has 1 aliphatic rings. The van der Waals surface area contributed by atoms with Crippen molar-refractivity contribution in [1.82, 2.24) is 4.98 Å². The summed E-state index contributed by atoms with van der Waals surface area (Å²) in [6.45, 7) is 2.80. The van der Waals surface area contributed by atoms with Crippen LogP contribution in [0, 0.1) is 0 Å². The second kappa shape index (κ2) is 6.82. The van der Waals surface area contributed by atoms with E-state index < -0.39 is 0 Å². The zero-order valence-electron chi connectivity index (χ0n) is 11.6. The molecule has 19 heavy (non-hydrogen) atoms. The second-order valence-electron chi connectivity index (χ2n) is 5.38. The molecule has 1 saturated carbocycles. The second-order valence-corrected chi connectivity index (χ2v) is 6.30. The predicted molar refractivity (Wildman–Crippen MR) is 81.1 cm³/mol. The van der Waals surface area contributed by atoms with Gasteiger partial charge < -0.3 is 10.5 Å². The van der Waals surface area contributed by atoms with Gasteiger partial charge in [0.05, 0.1) is 5.60 Å². The average Bonchev–Trinajstić information content (AvgIpc) is 2.40. The molecule has 1 heterocycles. The Morgan fingerprint density at radius 2 is 2.11 bits per heavy atom. The monoisotopic (exact) mass is 326 g/mol. The SMILES string of the molecule is CCOC1(C(N)Cc2cncc(Br)c2)CCCCC1. The van der Waals surface area contributed by atoms with Gasteiger partial charge in [0.2, 0.25) is 0 Å². The number of aromatic nitrogens is 1. The third kappa shape index (κ3) is 3.77. The minimum Gasteiger partial charge on any atom is -0.374 e. The summed E-state index contributed by atoms with van der Waals surface area (Å²) in [4.78, 5) is 4.21. The first-order valence-electron chi connectivity index (χ1n) is 7.15. The third-order valence-electron chi connectivity index (χ3n) is 4.02. The van der Waals surface area contributed by atoms with Gasteiger partial charge in [-0.25, -0.2) is 0 Å². The fourth-order valence-electron chi connectivity index (χ4n) is 3.07. The van der Waals surface area contributed by atoms with E-state index in [9.17, 15) is 0 Å². The summed E-state index contributed by atoms with van der Waals surface area (Å²) in [5, 5.41) is 0. The van der Waals surface area contributed by atoms with Crippen LogP contribution in [0.3, 0.4) is 0 Å². The van der Waals surface area contributed by atoms with E-state index in [0.717, 1.165) is 30.3 Å². The molecule has 4 heteroatoms. The number of pyridine rings is 1. The molecule has 1 unspecified atom stereocenters. The fourth-order valence-corrected chi connectivity index (χ4v) is 3.48. The van der Waals surface area contributed by atoms with Crippen molar-refractivity contribution in [2.45, 2.75) is 57.1 Å². The number of nitrogens with two attached hydrogens (primary N) is 1. The Morgan fingerprint density at radius 1 is 1.37 bits per heavy atom. The van der Waals surface area contributed by atoms with Gasteiger partial charge in [-0.15, -0.1) is 0 Å². The van der Waals surface area contributed by atoms with Crippen LogP contribution in [0.1, 0.15) is 44.6 Å². The van der Waals surface area contributed by atoms with E-state index in [0.29, 0.717) is 0 Å². The van der Waals surface area contributed by atoms with Crippen molar-refractivity contribution in [3.8, 4) is 0 Å². The lowest BCUT2D eigenvalue weighted by Gasteiger charge is -2.41. The average molecular weight is 327 g/mol. The maximum absolute atomic E-state index is 6.48. The first kappa shape index (κ1) is 14.9. The zero-order valence-corrected chi connectivity index (χ0v) is 13.2. The standard InChI is InChI=1S/C15H23BrN2O/c1-2-19-15(6-4-3-5-7-15)14(17)9-12-8-13(16)11-18-10-12/h8,10-11,14H,2-7,9,17H2,1H3. The molecule has 1 aromatic rings. The molecule has 2 N–H and O–H groups in total. The van der Waals surface area contributed by atoms with Crippen molar-refractivity contribution < 1.29 is 4.74 Å². The van der Waals surface area contributed by atoms with Crippen molar-refractivity contribution in [3.05, 3.63) is 28.5 Å². The van der Waals surface area contributed by atoms with E-state index in [1.54, 1.807) is 6.20 Å². The van der Waals surface area contributed by atoms with Crippen LogP contribution in [0.2, 0.25) is 0 Å². The molecule has 0 saturated heterocycles. The highest BCUT2D eigenvalue weighted by atomic mass is 79.9. The molecule has 0 aliphatic heterocycles. The smallest absolute Gasteiger partial charge is 0.0835 e. The topological polar surface area (TPSA) is 48.1 Å². The van der Waals surface area contributed by atoms with Crippen molar-refractivity contribution in [2.75, 3.05) is 6.61 Å². The lowest BCUT2D eigenvalue weighted by atomic mass is 9.77. The predicted octanol–water partition coefficient (Wildman–Crippen LogP) is 3.45. The molecule has 106 valence electrons. The van der Waals surface area contributed by atoms with Crippen LogP contribution >= 0.6 is 15.9 Å². The van der Waals surface area contributed by atoms with Crippen LogP contribution in [0.5, 0.6) is 0 Å². The molecule has 0 bridgehead atoms. The molecule has 0 amide bonds. The van der Waals surface area contributed by atoms with Gasteiger partial charge in [0.15, 0.2) is 0 Å². The van der Waals surface area contributed by atoms with Crippen LogP contribution < -0.4 is 5.73 Å². The molecule has 1 fully saturated rings. The Labute approximate surface area is 124 Å². The molecule has 1 atom stereocenters. The minimum absolute atomic E-state index is 0.0452. The normalized spacial score (nSPS) is 20.2. The molecule has 1 aliphatic carbocycles. The Morgan fingerprint density at radius 3 is 2.74 bits per heavy atom. The Hall–Kier alpha value is -0.450. The molecule has 1 aromatic heterocycles. The van der Waals surface area contributed by atoms with Crippen LogP contribution in [-0.4, -0.2) is 23.2 Å². The zero-order chi connectivity index (χ0) is 13.7. The molecular weight excluding hydrogens is 304 g/mol. The largest absolute Gasteiger partial charge is 0.374 e. The maximum Gasteiger partial charge on any atom is 0.0835 e. The summed E-state index contributed by atoms with van der Waals surface area (Å²) < 4.78 is 7.08. The van der Waals surface area contributed by atoms with Crippen LogP contribution in [-0.2, 0) is 11.2 Å². The van der Waals surface area contributed by atoms with E-state index in [-0.39, 0.29) is 11.6 Å². The van der Waals surface area contributed by atoms with Gasteiger partial charge in [0, 0.05) is 29.5 Å². The quantitative estimate of drug-likeness (QED) is 0.901. The number of hydrogen-bond donors (Lipinski definition) is 1. The lowest BCUT2D eigenvalue weighted by Crippen LogP contribution is -2.52. The van der Waals surface area contributed by atoms with Gasteiger partial charge in [-0.3, -0.25) is 4.98 Å². The summed E-state index contributed by atoms with van der Waals surface area (Å²) in [5.41, 5.74) is 7.53. The minimum atomic E-state index is -0.130. The molecule has 0 aromatic carbocycles. The summed E-state index contributed by atoms with van der Waals surface area (Å²) >= 11 is 3.46. The van der Waals surface area contributed by atoms with E-state index in [1.807, 2.05) is 6.20 Å². The van der Waals surface area contributed by atoms with Gasteiger partial charge in [0.25, 0.3) is 0 Å². The fraction of sp³-hybridized carbons (Fsp3) is 0.667. The first-order valence-corrected chi connectivity index (χ1v) is 7.94. The number of ether oxygens (including phenoxy) is 1. The number of rotatable bonds is 5. The third-order valence-corrected chi connectivity index (χ3v) is 4.46. The number of hydrogen-bond acceptors (Lipinski definition) is 3. The van der Waals surface area contributed by atoms with Gasteiger partial charge in [0.1, 0.15) is 0 Å². The summed E-state index contributed by atoms with van der Waals surface area (Å²) in [7, 11) is 0. The number of nitrogens with zero attached hydrogens (tertiary/aromatic N) is 1. The van der Waals surface area contributed by atoms with Crippen LogP contribution in [0.15, 0.2) is 22.9 Å². The van der Waals surface area contributed by atoms with Crippen molar-refractivity contribution in [2.24, 2.45) is 5.73 Å².